The van der Waals surface area contributed by atoms with Crippen molar-refractivity contribution >= 4 is 5.97 Å². The van der Waals surface area contributed by atoms with Crippen LogP contribution in [0.4, 0.5) is 0 Å². The SMILES string of the molecule is O=C(CCCCCC1C=CC2C3CCC=CC3C2C1)OC[C@H](CO)OCCCCCCCCC1CCC2C(C1)C1C3CCC3C21. The molecule has 7 aliphatic carbocycles. The van der Waals surface area contributed by atoms with Gasteiger partial charge in [0.05, 0.1) is 6.61 Å². The Morgan fingerprint density at radius 1 is 0.689 bits per heavy atom. The number of ether oxygens (including phenoxy) is 2. The van der Waals surface area contributed by atoms with Gasteiger partial charge in [-0.05, 0) is 135 Å². The number of carbonyl (C=O) groups is 1. The van der Waals surface area contributed by atoms with Crippen LogP contribution < -0.4 is 0 Å². The van der Waals surface area contributed by atoms with Gasteiger partial charge in [0.2, 0.25) is 0 Å². The number of unbranched alkanes of at least 4 members (excludes halogenated alkanes) is 7. The molecule has 0 aliphatic heterocycles. The van der Waals surface area contributed by atoms with Crippen LogP contribution in [-0.2, 0) is 14.3 Å². The lowest BCUT2D eigenvalue weighted by atomic mass is 9.30. The first-order valence-electron chi connectivity index (χ1n) is 19.9. The highest BCUT2D eigenvalue weighted by atomic mass is 16.6. The van der Waals surface area contributed by atoms with Gasteiger partial charge in [-0.1, -0.05) is 82.1 Å². The van der Waals surface area contributed by atoms with E-state index in [0.29, 0.717) is 13.0 Å². The van der Waals surface area contributed by atoms with E-state index < -0.39 is 6.10 Å². The molecule has 45 heavy (non-hydrogen) atoms. The molecule has 1 N–H and O–H groups in total. The van der Waals surface area contributed by atoms with Crippen LogP contribution in [0, 0.1) is 71.0 Å². The van der Waals surface area contributed by atoms with Crippen LogP contribution >= 0.6 is 0 Å². The highest BCUT2D eigenvalue weighted by Gasteiger charge is 2.68. The van der Waals surface area contributed by atoms with E-state index in [1.54, 1.807) is 25.7 Å². The average molecular weight is 621 g/mol. The Hall–Kier alpha value is -1.13. The van der Waals surface area contributed by atoms with E-state index in [9.17, 15) is 9.90 Å². The van der Waals surface area contributed by atoms with Crippen LogP contribution in [0.5, 0.6) is 0 Å². The lowest BCUT2D eigenvalue weighted by molar-refractivity contribution is -0.264. The third kappa shape index (κ3) is 7.18. The molecule has 0 amide bonds. The van der Waals surface area contributed by atoms with Crippen molar-refractivity contribution in [3.05, 3.63) is 24.3 Å². The first-order valence-corrected chi connectivity index (χ1v) is 19.9. The van der Waals surface area contributed by atoms with Crippen molar-refractivity contribution in [1.29, 1.82) is 0 Å². The molecule has 0 aromatic heterocycles. The molecule has 252 valence electrons. The monoisotopic (exact) mass is 620 g/mol. The first-order chi connectivity index (χ1) is 22.2. The molecule has 0 saturated heterocycles. The molecule has 4 heteroatoms. The molecule has 7 aliphatic rings. The fourth-order valence-corrected chi connectivity index (χ4v) is 12.0. The van der Waals surface area contributed by atoms with Crippen LogP contribution in [-0.4, -0.2) is 37.0 Å². The second-order valence-electron chi connectivity index (χ2n) is 16.8. The Balaban J connectivity index is 0.647. The summed E-state index contributed by atoms with van der Waals surface area (Å²) < 4.78 is 11.3. The third-order valence-electron chi connectivity index (χ3n) is 14.5. The molecule has 0 bridgehead atoms. The van der Waals surface area contributed by atoms with E-state index in [1.165, 1.54) is 101 Å². The van der Waals surface area contributed by atoms with E-state index >= 15 is 0 Å². The highest BCUT2D eigenvalue weighted by Crippen LogP contribution is 2.74. The van der Waals surface area contributed by atoms with Crippen LogP contribution in [0.2, 0.25) is 0 Å². The standard InChI is InChI=1S/C41H64O4/c42-26-30(27-45-39(43)16-8-5-7-13-28-17-19-33-31-14-9-10-15-32(31)37(33)24-28)44-23-11-4-2-1-3-6-12-29-18-20-36-38(25-29)41-35-22-21-34(35)40(36)41/h10,15,17,19,28-38,40-42H,1-9,11-14,16,18,20-27H2/t28?,29?,30-,31?,32?,33?,34?,35?,36?,37?,38?,40?,41?/m0/s1. The average Bonchev–Trinajstić information content (AvgIpc) is 3.04. The Morgan fingerprint density at radius 3 is 2.24 bits per heavy atom. The zero-order valence-corrected chi connectivity index (χ0v) is 28.3. The number of rotatable bonds is 19. The summed E-state index contributed by atoms with van der Waals surface area (Å²) in [5, 5.41) is 9.69. The van der Waals surface area contributed by atoms with Crippen molar-refractivity contribution < 1.29 is 19.4 Å². The van der Waals surface area contributed by atoms with Gasteiger partial charge in [0.25, 0.3) is 0 Å². The maximum atomic E-state index is 12.3. The largest absolute Gasteiger partial charge is 0.463 e. The molecule has 7 rings (SSSR count). The van der Waals surface area contributed by atoms with Crippen LogP contribution in [0.1, 0.15) is 128 Å². The molecular formula is C41H64O4. The Labute approximate surface area is 274 Å². The second kappa shape index (κ2) is 15.4. The minimum Gasteiger partial charge on any atom is -0.463 e. The van der Waals surface area contributed by atoms with Gasteiger partial charge in [0.15, 0.2) is 0 Å². The zero-order valence-electron chi connectivity index (χ0n) is 28.3. The van der Waals surface area contributed by atoms with Crippen LogP contribution in [0.15, 0.2) is 24.3 Å². The summed E-state index contributed by atoms with van der Waals surface area (Å²) in [4.78, 5) is 12.3. The molecule has 12 unspecified atom stereocenters. The number of allylic oxidation sites excluding steroid dienone is 4. The molecule has 0 aromatic rings. The van der Waals surface area contributed by atoms with Gasteiger partial charge in [0, 0.05) is 13.0 Å². The lowest BCUT2D eigenvalue weighted by Gasteiger charge is -2.74. The van der Waals surface area contributed by atoms with Crippen molar-refractivity contribution in [1.82, 2.24) is 0 Å². The summed E-state index contributed by atoms with van der Waals surface area (Å²) in [6.07, 6.45) is 35.4. The maximum Gasteiger partial charge on any atom is 0.305 e. The quantitative estimate of drug-likeness (QED) is 0.0888. The molecule has 4 nitrogen and oxygen atoms in total. The van der Waals surface area contributed by atoms with Gasteiger partial charge in [-0.25, -0.2) is 0 Å². The van der Waals surface area contributed by atoms with Gasteiger partial charge in [-0.15, -0.1) is 0 Å². The third-order valence-corrected chi connectivity index (χ3v) is 14.5. The van der Waals surface area contributed by atoms with Crippen molar-refractivity contribution in [3.63, 3.8) is 0 Å². The Morgan fingerprint density at radius 2 is 1.40 bits per heavy atom. The van der Waals surface area contributed by atoms with Crippen LogP contribution in [0.25, 0.3) is 0 Å². The number of hydrogen-bond acceptors (Lipinski definition) is 4. The van der Waals surface area contributed by atoms with Gasteiger partial charge in [-0.3, -0.25) is 4.79 Å². The number of aliphatic hydroxyl groups is 1. The fourth-order valence-electron chi connectivity index (χ4n) is 12.0. The summed E-state index contributed by atoms with van der Waals surface area (Å²) in [6, 6.07) is 0. The minimum absolute atomic E-state index is 0.0904. The first kappa shape index (κ1) is 32.4. The number of esters is 1. The van der Waals surface area contributed by atoms with Gasteiger partial charge >= 0.3 is 5.97 Å². The Kier molecular flexibility index (Phi) is 11.1. The summed E-state index contributed by atoms with van der Waals surface area (Å²) >= 11 is 0. The lowest BCUT2D eigenvalue weighted by Crippen LogP contribution is -2.69. The smallest absolute Gasteiger partial charge is 0.305 e. The summed E-state index contributed by atoms with van der Waals surface area (Å²) in [5.41, 5.74) is 0. The summed E-state index contributed by atoms with van der Waals surface area (Å²) in [7, 11) is 0. The zero-order chi connectivity index (χ0) is 30.6. The number of fused-ring (bicyclic) bond motifs is 11. The van der Waals surface area contributed by atoms with Crippen molar-refractivity contribution in [3.8, 4) is 0 Å². The van der Waals surface area contributed by atoms with E-state index in [4.69, 9.17) is 9.47 Å². The predicted octanol–water partition coefficient (Wildman–Crippen LogP) is 9.31. The predicted molar refractivity (Wildman–Crippen MR) is 180 cm³/mol. The molecule has 0 spiro atoms. The summed E-state index contributed by atoms with van der Waals surface area (Å²) in [5.74, 6) is 12.1. The topological polar surface area (TPSA) is 55.8 Å². The molecule has 0 radical (unpaired) electrons. The molecule has 5 fully saturated rings. The normalized spacial score (nSPS) is 40.6. The van der Waals surface area contributed by atoms with E-state index in [-0.39, 0.29) is 19.2 Å². The van der Waals surface area contributed by atoms with E-state index in [0.717, 1.165) is 66.6 Å². The van der Waals surface area contributed by atoms with Crippen LogP contribution in [0.3, 0.4) is 0 Å². The number of aliphatic hydroxyl groups excluding tert-OH is 1. The number of carbonyl (C=O) groups excluding carboxylic acids is 1. The van der Waals surface area contributed by atoms with Crippen molar-refractivity contribution in [2.45, 2.75) is 135 Å². The molecular weight excluding hydrogens is 556 g/mol. The summed E-state index contributed by atoms with van der Waals surface area (Å²) in [6.45, 7) is 0.728. The van der Waals surface area contributed by atoms with Crippen molar-refractivity contribution in [2.24, 2.45) is 71.0 Å². The maximum absolute atomic E-state index is 12.3. The fraction of sp³-hybridized carbons (Fsp3) is 0.878. The second-order valence-corrected chi connectivity index (χ2v) is 16.8. The van der Waals surface area contributed by atoms with Gasteiger partial charge in [0.1, 0.15) is 12.7 Å². The molecule has 0 aromatic carbocycles. The highest BCUT2D eigenvalue weighted by molar-refractivity contribution is 5.69. The molecule has 5 saturated carbocycles. The number of hydrogen-bond donors (Lipinski definition) is 1. The van der Waals surface area contributed by atoms with Gasteiger partial charge < -0.3 is 14.6 Å². The molecule has 13 atom stereocenters. The molecule has 0 heterocycles. The van der Waals surface area contributed by atoms with Gasteiger partial charge in [-0.2, -0.15) is 0 Å². The Bertz CT molecular complexity index is 1010. The van der Waals surface area contributed by atoms with E-state index in [2.05, 4.69) is 24.3 Å². The minimum atomic E-state index is -0.392. The van der Waals surface area contributed by atoms with Crippen molar-refractivity contribution in [2.75, 3.05) is 19.8 Å². The van der Waals surface area contributed by atoms with E-state index in [1.807, 2.05) is 0 Å².